The van der Waals surface area contributed by atoms with Crippen molar-refractivity contribution in [1.29, 1.82) is 5.26 Å². The minimum atomic E-state index is -3.95. The van der Waals surface area contributed by atoms with Crippen molar-refractivity contribution < 1.29 is 17.9 Å². The number of aliphatic hydroxyl groups is 1. The summed E-state index contributed by atoms with van der Waals surface area (Å²) >= 11 is 0. The third-order valence-electron chi connectivity index (χ3n) is 7.05. The molecule has 1 N–H and O–H groups in total. The zero-order valence-corrected chi connectivity index (χ0v) is 19.4. The number of likely N-dealkylation sites (N-methyl/N-ethyl adjacent to an activating group) is 1. The van der Waals surface area contributed by atoms with E-state index in [0.717, 1.165) is 28.4 Å². The van der Waals surface area contributed by atoms with Crippen LogP contribution in [0.3, 0.4) is 0 Å². The number of anilines is 1. The van der Waals surface area contributed by atoms with Gasteiger partial charge in [-0.25, -0.2) is 12.8 Å². The fraction of sp³-hybridized carbons (Fsp3) is 0.269. The first-order chi connectivity index (χ1) is 16.3. The SMILES string of the molecule is CN1c2ccc(-c3ccc(C#N)cc3)cc2[C@H]2[C@H](CCN2S(=O)(=O)c2cccc(F)c2)[C@@H]1CO. The van der Waals surface area contributed by atoms with Gasteiger partial charge in [0.25, 0.3) is 0 Å². The van der Waals surface area contributed by atoms with Gasteiger partial charge in [0.05, 0.1) is 35.2 Å². The second kappa shape index (κ2) is 8.51. The van der Waals surface area contributed by atoms with Crippen molar-refractivity contribution in [2.75, 3.05) is 25.1 Å². The van der Waals surface area contributed by atoms with Crippen LogP contribution in [-0.4, -0.2) is 44.1 Å². The Labute approximate surface area is 198 Å². The summed E-state index contributed by atoms with van der Waals surface area (Å²) < 4.78 is 42.5. The number of nitriles is 1. The van der Waals surface area contributed by atoms with Gasteiger partial charge in [-0.1, -0.05) is 24.3 Å². The monoisotopic (exact) mass is 477 g/mol. The third-order valence-corrected chi connectivity index (χ3v) is 8.93. The lowest BCUT2D eigenvalue weighted by atomic mass is 9.81. The molecule has 2 heterocycles. The molecule has 0 spiro atoms. The molecule has 0 radical (unpaired) electrons. The zero-order chi connectivity index (χ0) is 24.0. The molecule has 0 aliphatic carbocycles. The fourth-order valence-electron chi connectivity index (χ4n) is 5.36. The van der Waals surface area contributed by atoms with Gasteiger partial charge < -0.3 is 10.0 Å². The summed E-state index contributed by atoms with van der Waals surface area (Å²) in [6.07, 6.45) is 0.593. The van der Waals surface area contributed by atoms with Crippen LogP contribution in [0.1, 0.15) is 23.6 Å². The highest BCUT2D eigenvalue weighted by atomic mass is 32.2. The molecule has 1 saturated heterocycles. The second-order valence-corrected chi connectivity index (χ2v) is 10.7. The van der Waals surface area contributed by atoms with Crippen LogP contribution in [0.2, 0.25) is 0 Å². The zero-order valence-electron chi connectivity index (χ0n) is 18.6. The van der Waals surface area contributed by atoms with E-state index >= 15 is 0 Å². The van der Waals surface area contributed by atoms with E-state index in [4.69, 9.17) is 5.26 Å². The Bertz CT molecular complexity index is 1390. The molecule has 0 saturated carbocycles. The Hall–Kier alpha value is -3.25. The number of fused-ring (bicyclic) bond motifs is 3. The Balaban J connectivity index is 1.64. The number of hydrogen-bond acceptors (Lipinski definition) is 5. The van der Waals surface area contributed by atoms with Crippen molar-refractivity contribution in [3.63, 3.8) is 0 Å². The molecule has 174 valence electrons. The molecular weight excluding hydrogens is 453 g/mol. The normalized spacial score (nSPS) is 22.2. The molecule has 0 bridgehead atoms. The lowest BCUT2D eigenvalue weighted by Gasteiger charge is -2.44. The van der Waals surface area contributed by atoms with Crippen LogP contribution >= 0.6 is 0 Å². The van der Waals surface area contributed by atoms with Crippen molar-refractivity contribution in [3.8, 4) is 17.2 Å². The van der Waals surface area contributed by atoms with Crippen LogP contribution in [-0.2, 0) is 10.0 Å². The molecular formula is C26H24FN3O3S. The van der Waals surface area contributed by atoms with E-state index < -0.39 is 21.9 Å². The van der Waals surface area contributed by atoms with E-state index in [9.17, 15) is 17.9 Å². The van der Waals surface area contributed by atoms with Crippen LogP contribution in [0.15, 0.2) is 71.6 Å². The van der Waals surface area contributed by atoms with Gasteiger partial charge in [-0.2, -0.15) is 9.57 Å². The average molecular weight is 478 g/mol. The van der Waals surface area contributed by atoms with Crippen molar-refractivity contribution >= 4 is 15.7 Å². The maximum Gasteiger partial charge on any atom is 0.243 e. The molecule has 0 aromatic heterocycles. The lowest BCUT2D eigenvalue weighted by molar-refractivity contribution is 0.193. The largest absolute Gasteiger partial charge is 0.394 e. The van der Waals surface area contributed by atoms with Crippen LogP contribution in [0, 0.1) is 23.1 Å². The molecule has 8 heteroatoms. The number of nitrogens with zero attached hydrogens (tertiary/aromatic N) is 3. The first-order valence-electron chi connectivity index (χ1n) is 11.1. The summed E-state index contributed by atoms with van der Waals surface area (Å²) in [4.78, 5) is 1.95. The first kappa shape index (κ1) is 22.5. The molecule has 5 rings (SSSR count). The standard InChI is InChI=1S/C26H24FN3O3S/c1-29-24-10-9-19(18-7-5-17(15-28)6-8-18)13-23(24)26-22(25(29)16-31)11-12-30(26)34(32,33)21-4-2-3-20(27)14-21/h2-10,13-14,22,25-26,31H,11-12,16H2,1H3/t22-,25+,26-/m1/s1. The topological polar surface area (TPSA) is 84.6 Å². The molecule has 0 amide bonds. The Kier molecular flexibility index (Phi) is 5.64. The van der Waals surface area contributed by atoms with Gasteiger partial charge in [-0.15, -0.1) is 0 Å². The van der Waals surface area contributed by atoms with Gasteiger partial charge in [0, 0.05) is 25.2 Å². The van der Waals surface area contributed by atoms with E-state index in [-0.39, 0.29) is 23.5 Å². The number of aliphatic hydroxyl groups excluding tert-OH is 1. The van der Waals surface area contributed by atoms with Gasteiger partial charge in [-0.3, -0.25) is 0 Å². The molecule has 2 aliphatic rings. The van der Waals surface area contributed by atoms with Crippen LogP contribution in [0.5, 0.6) is 0 Å². The minimum Gasteiger partial charge on any atom is -0.394 e. The summed E-state index contributed by atoms with van der Waals surface area (Å²) in [7, 11) is -2.04. The smallest absolute Gasteiger partial charge is 0.243 e. The van der Waals surface area contributed by atoms with Crippen LogP contribution < -0.4 is 4.90 Å². The Morgan fingerprint density at radius 3 is 2.50 bits per heavy atom. The summed E-state index contributed by atoms with van der Waals surface area (Å²) in [5, 5.41) is 19.3. The van der Waals surface area contributed by atoms with Crippen molar-refractivity contribution in [2.24, 2.45) is 5.92 Å². The summed E-state index contributed by atoms with van der Waals surface area (Å²) in [6, 6.07) is 19.7. The number of sulfonamides is 1. The van der Waals surface area contributed by atoms with Crippen molar-refractivity contribution in [1.82, 2.24) is 4.31 Å². The predicted octanol–water partition coefficient (Wildman–Crippen LogP) is 3.93. The molecule has 3 aromatic carbocycles. The van der Waals surface area contributed by atoms with Gasteiger partial charge >= 0.3 is 0 Å². The summed E-state index contributed by atoms with van der Waals surface area (Å²) in [5.41, 5.74) is 4.11. The van der Waals surface area contributed by atoms with Gasteiger partial charge in [-0.05, 0) is 65.6 Å². The highest BCUT2D eigenvalue weighted by Gasteiger charge is 2.50. The van der Waals surface area contributed by atoms with E-state index in [1.165, 1.54) is 22.5 Å². The molecule has 6 nitrogen and oxygen atoms in total. The predicted molar refractivity (Wildman–Crippen MR) is 127 cm³/mol. The number of halogens is 1. The van der Waals surface area contributed by atoms with Gasteiger partial charge in [0.2, 0.25) is 10.0 Å². The van der Waals surface area contributed by atoms with Crippen molar-refractivity contribution in [2.45, 2.75) is 23.4 Å². The first-order valence-corrected chi connectivity index (χ1v) is 12.5. The quantitative estimate of drug-likeness (QED) is 0.616. The van der Waals surface area contributed by atoms with E-state index in [1.807, 2.05) is 42.3 Å². The number of hydrogen-bond donors (Lipinski definition) is 1. The minimum absolute atomic E-state index is 0.0718. The van der Waals surface area contributed by atoms with Crippen LogP contribution in [0.4, 0.5) is 10.1 Å². The van der Waals surface area contributed by atoms with Gasteiger partial charge in [0.15, 0.2) is 0 Å². The molecule has 34 heavy (non-hydrogen) atoms. The maximum absolute atomic E-state index is 13.9. The Morgan fingerprint density at radius 2 is 1.82 bits per heavy atom. The summed E-state index contributed by atoms with van der Waals surface area (Å²) in [6.45, 7) is 0.196. The third kappa shape index (κ3) is 3.57. The fourth-order valence-corrected chi connectivity index (χ4v) is 7.06. The molecule has 3 atom stereocenters. The van der Waals surface area contributed by atoms with E-state index in [0.29, 0.717) is 18.5 Å². The molecule has 2 aliphatic heterocycles. The lowest BCUT2D eigenvalue weighted by Crippen LogP contribution is -2.48. The summed E-state index contributed by atoms with van der Waals surface area (Å²) in [5.74, 6) is -0.709. The Morgan fingerprint density at radius 1 is 1.09 bits per heavy atom. The molecule has 3 aromatic rings. The number of benzene rings is 3. The van der Waals surface area contributed by atoms with Gasteiger partial charge in [0.1, 0.15) is 5.82 Å². The highest BCUT2D eigenvalue weighted by Crippen LogP contribution is 2.51. The van der Waals surface area contributed by atoms with Crippen LogP contribution in [0.25, 0.3) is 11.1 Å². The average Bonchev–Trinajstić information content (AvgIpc) is 3.30. The van der Waals surface area contributed by atoms with E-state index in [1.54, 1.807) is 12.1 Å². The number of rotatable bonds is 4. The molecule has 0 unspecified atom stereocenters. The molecule has 1 fully saturated rings. The second-order valence-electron chi connectivity index (χ2n) is 8.79. The maximum atomic E-state index is 13.9. The van der Waals surface area contributed by atoms with Crippen molar-refractivity contribution in [3.05, 3.63) is 83.7 Å². The van der Waals surface area contributed by atoms with E-state index in [2.05, 4.69) is 6.07 Å². The highest BCUT2D eigenvalue weighted by molar-refractivity contribution is 7.89.